The first-order valence-electron chi connectivity index (χ1n) is 6.09. The number of esters is 1. The fraction of sp³-hybridized carbons (Fsp3) is 0.462. The van der Waals surface area contributed by atoms with Crippen LogP contribution in [0.5, 0.6) is 0 Å². The molecule has 1 aromatic carbocycles. The summed E-state index contributed by atoms with van der Waals surface area (Å²) in [6.45, 7) is -0.0268. The zero-order valence-electron chi connectivity index (χ0n) is 10.5. The number of hydrogen-bond donors (Lipinski definition) is 4. The van der Waals surface area contributed by atoms with Gasteiger partial charge in [0.2, 0.25) is 0 Å². The summed E-state index contributed by atoms with van der Waals surface area (Å²) in [4.78, 5) is 11.8. The maximum Gasteiger partial charge on any atom is 0.338 e. The Morgan fingerprint density at radius 2 is 1.70 bits per heavy atom. The smallest absolute Gasteiger partial charge is 0.338 e. The number of ether oxygens (including phenoxy) is 2. The van der Waals surface area contributed by atoms with E-state index in [2.05, 4.69) is 0 Å². The Morgan fingerprint density at radius 1 is 1.05 bits per heavy atom. The molecule has 0 radical (unpaired) electrons. The largest absolute Gasteiger partial charge is 0.459 e. The summed E-state index contributed by atoms with van der Waals surface area (Å²) in [6, 6.07) is 8.86. The van der Waals surface area contributed by atoms with Crippen molar-refractivity contribution in [2.45, 2.75) is 37.3 Å². The minimum atomic E-state index is -1.76. The Kier molecular flexibility index (Phi) is 4.69. The van der Waals surface area contributed by atoms with Crippen LogP contribution in [0.1, 0.15) is 5.56 Å². The van der Waals surface area contributed by atoms with E-state index in [4.69, 9.17) is 9.47 Å². The number of aliphatic hydroxyl groups is 4. The van der Waals surface area contributed by atoms with E-state index in [0.29, 0.717) is 0 Å². The number of benzene rings is 1. The first kappa shape index (κ1) is 14.9. The van der Waals surface area contributed by atoms with Crippen LogP contribution >= 0.6 is 0 Å². The lowest BCUT2D eigenvalue weighted by Crippen LogP contribution is -2.59. The second-order valence-corrected chi connectivity index (χ2v) is 4.51. The number of hydrogen-bond acceptors (Lipinski definition) is 7. The van der Waals surface area contributed by atoms with Crippen LogP contribution in [0.15, 0.2) is 30.3 Å². The second kappa shape index (κ2) is 6.29. The second-order valence-electron chi connectivity index (χ2n) is 4.51. The quantitative estimate of drug-likeness (QED) is 0.501. The van der Waals surface area contributed by atoms with Crippen LogP contribution in [0.3, 0.4) is 0 Å². The molecule has 110 valence electrons. The third kappa shape index (κ3) is 3.14. The van der Waals surface area contributed by atoms with Gasteiger partial charge in [-0.15, -0.1) is 0 Å². The zero-order valence-corrected chi connectivity index (χ0v) is 10.5. The highest BCUT2D eigenvalue weighted by Crippen LogP contribution is 2.21. The van der Waals surface area contributed by atoms with Gasteiger partial charge >= 0.3 is 5.97 Å². The van der Waals surface area contributed by atoms with Crippen LogP contribution in [0.4, 0.5) is 0 Å². The topological polar surface area (TPSA) is 116 Å². The molecule has 1 aliphatic heterocycles. The molecule has 20 heavy (non-hydrogen) atoms. The van der Waals surface area contributed by atoms with Crippen molar-refractivity contribution in [3.8, 4) is 0 Å². The van der Waals surface area contributed by atoms with Gasteiger partial charge in [0.05, 0.1) is 0 Å². The molecular formula is C13H16O7. The van der Waals surface area contributed by atoms with E-state index in [1.54, 1.807) is 24.3 Å². The molecule has 0 amide bonds. The van der Waals surface area contributed by atoms with E-state index >= 15 is 0 Å². The van der Waals surface area contributed by atoms with Crippen LogP contribution in [-0.2, 0) is 20.9 Å². The fourth-order valence-electron chi connectivity index (χ4n) is 1.87. The molecule has 4 N–H and O–H groups in total. The molecule has 0 bridgehead atoms. The maximum atomic E-state index is 11.8. The average molecular weight is 284 g/mol. The van der Waals surface area contributed by atoms with Crippen molar-refractivity contribution in [3.05, 3.63) is 35.9 Å². The monoisotopic (exact) mass is 284 g/mol. The van der Waals surface area contributed by atoms with Crippen LogP contribution in [0.25, 0.3) is 0 Å². The summed E-state index contributed by atoms with van der Waals surface area (Å²) >= 11 is 0. The van der Waals surface area contributed by atoms with Gasteiger partial charge in [-0.05, 0) is 5.56 Å². The average Bonchev–Trinajstić information content (AvgIpc) is 2.47. The minimum absolute atomic E-state index is 0.0268. The molecule has 7 nitrogen and oxygen atoms in total. The summed E-state index contributed by atoms with van der Waals surface area (Å²) in [5, 5.41) is 37.7. The summed E-state index contributed by atoms with van der Waals surface area (Å²) in [5.74, 6) is -0.925. The molecule has 1 aliphatic rings. The maximum absolute atomic E-state index is 11.8. The number of aliphatic hydroxyl groups excluding tert-OH is 4. The van der Waals surface area contributed by atoms with Crippen molar-refractivity contribution in [1.29, 1.82) is 0 Å². The highest BCUT2D eigenvalue weighted by Gasteiger charge is 2.46. The molecule has 7 heteroatoms. The Bertz CT molecular complexity index is 449. The number of carbonyl (C=O) groups excluding carboxylic acids is 1. The van der Waals surface area contributed by atoms with Gasteiger partial charge in [0, 0.05) is 0 Å². The van der Waals surface area contributed by atoms with E-state index in [9.17, 15) is 25.2 Å². The number of carbonyl (C=O) groups is 1. The van der Waals surface area contributed by atoms with Crippen LogP contribution in [-0.4, -0.2) is 57.1 Å². The molecule has 1 aromatic rings. The first-order valence-corrected chi connectivity index (χ1v) is 6.09. The molecule has 2 rings (SSSR count). The van der Waals surface area contributed by atoms with Gasteiger partial charge in [-0.1, -0.05) is 30.3 Å². The Labute approximate surface area is 115 Å². The van der Waals surface area contributed by atoms with Crippen molar-refractivity contribution in [2.75, 3.05) is 0 Å². The molecule has 1 fully saturated rings. The Hall–Kier alpha value is -1.51. The predicted octanol–water partition coefficient (Wildman–Crippen LogP) is -1.47. The standard InChI is InChI=1S/C13H16O7/c14-8-9(15)11(20-12(17)10(8)16)13(18)19-6-7-4-2-1-3-5-7/h1-5,8-12,14-17H,6H2/t8-,9+,10+,11-,12?/m0/s1. The molecule has 0 aliphatic carbocycles. The minimum Gasteiger partial charge on any atom is -0.459 e. The van der Waals surface area contributed by atoms with Gasteiger partial charge in [0.25, 0.3) is 0 Å². The van der Waals surface area contributed by atoms with Crippen molar-refractivity contribution in [2.24, 2.45) is 0 Å². The SMILES string of the molecule is O=C(OCc1ccccc1)[C@H]1OC(O)[C@H](O)[C@@H](O)[C@H]1O. The Balaban J connectivity index is 1.95. The molecule has 0 aromatic heterocycles. The van der Waals surface area contributed by atoms with Gasteiger partial charge in [-0.2, -0.15) is 0 Å². The Morgan fingerprint density at radius 3 is 2.35 bits per heavy atom. The summed E-state index contributed by atoms with van der Waals surface area (Å²) in [5.41, 5.74) is 0.743. The van der Waals surface area contributed by atoms with E-state index in [0.717, 1.165) is 5.56 Å². The highest BCUT2D eigenvalue weighted by molar-refractivity contribution is 5.75. The molecular weight excluding hydrogens is 268 g/mol. The number of rotatable bonds is 3. The van der Waals surface area contributed by atoms with E-state index in [-0.39, 0.29) is 6.61 Å². The third-order valence-corrected chi connectivity index (χ3v) is 3.04. The molecule has 5 atom stereocenters. The summed E-state index contributed by atoms with van der Waals surface area (Å²) in [6.07, 6.45) is -8.34. The van der Waals surface area contributed by atoms with Gasteiger partial charge < -0.3 is 29.9 Å². The molecule has 1 heterocycles. The van der Waals surface area contributed by atoms with E-state index < -0.39 is 36.7 Å². The lowest BCUT2D eigenvalue weighted by Gasteiger charge is -2.36. The predicted molar refractivity (Wildman–Crippen MR) is 65.1 cm³/mol. The molecule has 1 unspecified atom stereocenters. The van der Waals surface area contributed by atoms with Crippen LogP contribution in [0.2, 0.25) is 0 Å². The lowest BCUT2D eigenvalue weighted by atomic mass is 9.99. The summed E-state index contributed by atoms with van der Waals surface area (Å²) in [7, 11) is 0. The zero-order chi connectivity index (χ0) is 14.7. The first-order chi connectivity index (χ1) is 9.50. The third-order valence-electron chi connectivity index (χ3n) is 3.04. The van der Waals surface area contributed by atoms with E-state index in [1.807, 2.05) is 6.07 Å². The lowest BCUT2D eigenvalue weighted by molar-refractivity contribution is -0.281. The van der Waals surface area contributed by atoms with Crippen LogP contribution in [0, 0.1) is 0 Å². The molecule has 1 saturated heterocycles. The van der Waals surface area contributed by atoms with Gasteiger partial charge in [-0.25, -0.2) is 4.79 Å². The van der Waals surface area contributed by atoms with Gasteiger partial charge in [0.1, 0.15) is 24.9 Å². The van der Waals surface area contributed by atoms with E-state index in [1.165, 1.54) is 0 Å². The van der Waals surface area contributed by atoms with Crippen molar-refractivity contribution < 1.29 is 34.7 Å². The van der Waals surface area contributed by atoms with Crippen molar-refractivity contribution in [1.82, 2.24) is 0 Å². The van der Waals surface area contributed by atoms with Crippen LogP contribution < -0.4 is 0 Å². The van der Waals surface area contributed by atoms with Crippen molar-refractivity contribution in [3.63, 3.8) is 0 Å². The van der Waals surface area contributed by atoms with Gasteiger partial charge in [0.15, 0.2) is 12.4 Å². The fourth-order valence-corrected chi connectivity index (χ4v) is 1.87. The highest BCUT2D eigenvalue weighted by atomic mass is 16.7. The molecule has 0 saturated carbocycles. The summed E-state index contributed by atoms with van der Waals surface area (Å²) < 4.78 is 9.69. The normalized spacial score (nSPS) is 33.7. The van der Waals surface area contributed by atoms with Crippen molar-refractivity contribution >= 4 is 5.97 Å². The van der Waals surface area contributed by atoms with Gasteiger partial charge in [-0.3, -0.25) is 0 Å². The molecule has 0 spiro atoms.